The van der Waals surface area contributed by atoms with Gasteiger partial charge in [-0.1, -0.05) is 12.0 Å². The summed E-state index contributed by atoms with van der Waals surface area (Å²) in [7, 11) is 0. The van der Waals surface area contributed by atoms with Gasteiger partial charge in [0.2, 0.25) is 0 Å². The number of aryl methyl sites for hydroxylation is 2. The summed E-state index contributed by atoms with van der Waals surface area (Å²) in [6.07, 6.45) is 8.76. The van der Waals surface area contributed by atoms with E-state index >= 15 is 0 Å². The molecule has 88 valence electrons. The Labute approximate surface area is 102 Å². The van der Waals surface area contributed by atoms with Gasteiger partial charge in [0.25, 0.3) is 5.91 Å². The van der Waals surface area contributed by atoms with Gasteiger partial charge in [0.15, 0.2) is 0 Å². The maximum atomic E-state index is 12.0. The molecule has 0 aromatic heterocycles. The van der Waals surface area contributed by atoms with Gasteiger partial charge < -0.3 is 5.32 Å². The molecule has 0 saturated heterocycles. The minimum atomic E-state index is -0.601. The quantitative estimate of drug-likeness (QED) is 0.772. The summed E-state index contributed by atoms with van der Waals surface area (Å²) in [5.74, 6) is 2.47. The lowest BCUT2D eigenvalue weighted by atomic mass is 10.0. The summed E-state index contributed by atoms with van der Waals surface area (Å²) in [5, 5.41) is 2.84. The van der Waals surface area contributed by atoms with Crippen molar-refractivity contribution in [1.29, 1.82) is 0 Å². The van der Waals surface area contributed by atoms with Crippen LogP contribution in [0.2, 0.25) is 0 Å². The Kier molecular flexibility index (Phi) is 2.93. The fourth-order valence-electron chi connectivity index (χ4n) is 2.11. The van der Waals surface area contributed by atoms with E-state index in [4.69, 9.17) is 6.42 Å². The Morgan fingerprint density at radius 1 is 1.35 bits per heavy atom. The second kappa shape index (κ2) is 4.25. The van der Waals surface area contributed by atoms with Crippen LogP contribution in [0, 0.1) is 12.3 Å². The molecule has 2 rings (SSSR count). The minimum absolute atomic E-state index is 0.0948. The topological polar surface area (TPSA) is 29.1 Å². The highest BCUT2D eigenvalue weighted by Crippen LogP contribution is 2.22. The second-order valence-corrected chi connectivity index (χ2v) is 5.06. The molecule has 1 N–H and O–H groups in total. The van der Waals surface area contributed by atoms with Crippen LogP contribution in [0.1, 0.15) is 41.8 Å². The fourth-order valence-corrected chi connectivity index (χ4v) is 2.11. The average molecular weight is 227 g/mol. The van der Waals surface area contributed by atoms with Crippen molar-refractivity contribution in [2.75, 3.05) is 0 Å². The van der Waals surface area contributed by atoms with Crippen LogP contribution in [0.15, 0.2) is 18.2 Å². The maximum Gasteiger partial charge on any atom is 0.252 e. The number of terminal acetylenes is 1. The highest BCUT2D eigenvalue weighted by Gasteiger charge is 2.19. The van der Waals surface area contributed by atoms with Gasteiger partial charge in [-0.2, -0.15) is 0 Å². The van der Waals surface area contributed by atoms with Crippen LogP contribution in [0.5, 0.6) is 0 Å². The molecule has 0 atom stereocenters. The van der Waals surface area contributed by atoms with Gasteiger partial charge in [-0.3, -0.25) is 4.79 Å². The van der Waals surface area contributed by atoms with Crippen molar-refractivity contribution in [3.05, 3.63) is 34.9 Å². The van der Waals surface area contributed by atoms with Crippen LogP contribution in [-0.2, 0) is 12.8 Å². The summed E-state index contributed by atoms with van der Waals surface area (Å²) in [4.78, 5) is 12.0. The molecule has 2 heteroatoms. The molecular formula is C15H17NO. The van der Waals surface area contributed by atoms with Crippen molar-refractivity contribution in [3.8, 4) is 12.3 Å². The number of hydrogen-bond donors (Lipinski definition) is 1. The SMILES string of the molecule is C#CC(C)(C)NC(=O)c1ccc2c(c1)CCC2. The Balaban J connectivity index is 2.19. The molecule has 1 aromatic carbocycles. The third-order valence-electron chi connectivity index (χ3n) is 3.15. The van der Waals surface area contributed by atoms with Crippen molar-refractivity contribution in [2.45, 2.75) is 38.6 Å². The van der Waals surface area contributed by atoms with Gasteiger partial charge >= 0.3 is 0 Å². The summed E-state index contributed by atoms with van der Waals surface area (Å²) in [6.45, 7) is 3.64. The molecule has 0 aliphatic heterocycles. The molecule has 0 saturated carbocycles. The molecule has 0 unspecified atom stereocenters. The molecule has 0 bridgehead atoms. The summed E-state index contributed by atoms with van der Waals surface area (Å²) in [5.41, 5.74) is 2.78. The number of fused-ring (bicyclic) bond motifs is 1. The first-order chi connectivity index (χ1) is 8.02. The van der Waals surface area contributed by atoms with Crippen LogP contribution in [0.25, 0.3) is 0 Å². The van der Waals surface area contributed by atoms with E-state index in [0.717, 1.165) is 12.8 Å². The predicted octanol–water partition coefficient (Wildman–Crippen LogP) is 2.32. The van der Waals surface area contributed by atoms with Crippen molar-refractivity contribution in [1.82, 2.24) is 5.32 Å². The smallest absolute Gasteiger partial charge is 0.252 e. The first-order valence-corrected chi connectivity index (χ1v) is 5.94. The van der Waals surface area contributed by atoms with E-state index in [2.05, 4.69) is 17.3 Å². The largest absolute Gasteiger partial charge is 0.336 e. The lowest BCUT2D eigenvalue weighted by molar-refractivity contribution is 0.0930. The van der Waals surface area contributed by atoms with Crippen LogP contribution < -0.4 is 5.32 Å². The number of rotatable bonds is 2. The zero-order valence-electron chi connectivity index (χ0n) is 10.3. The molecule has 1 aliphatic carbocycles. The molecule has 17 heavy (non-hydrogen) atoms. The zero-order chi connectivity index (χ0) is 12.5. The molecule has 1 aliphatic rings. The molecule has 0 heterocycles. The number of carbonyl (C=O) groups is 1. The highest BCUT2D eigenvalue weighted by atomic mass is 16.1. The monoisotopic (exact) mass is 227 g/mol. The third kappa shape index (κ3) is 2.50. The highest BCUT2D eigenvalue weighted by molar-refractivity contribution is 5.95. The first-order valence-electron chi connectivity index (χ1n) is 5.94. The van der Waals surface area contributed by atoms with Gasteiger partial charge in [0.1, 0.15) is 0 Å². The Morgan fingerprint density at radius 2 is 2.06 bits per heavy atom. The van der Waals surface area contributed by atoms with E-state index in [-0.39, 0.29) is 5.91 Å². The number of benzene rings is 1. The lowest BCUT2D eigenvalue weighted by Gasteiger charge is -2.19. The standard InChI is InChI=1S/C15H17NO/c1-4-15(2,3)16-14(17)13-9-8-11-6-5-7-12(11)10-13/h1,8-10H,5-7H2,2-3H3,(H,16,17). The van der Waals surface area contributed by atoms with Crippen LogP contribution in [0.4, 0.5) is 0 Å². The minimum Gasteiger partial charge on any atom is -0.336 e. The lowest BCUT2D eigenvalue weighted by Crippen LogP contribution is -2.42. The Bertz CT molecular complexity index is 494. The van der Waals surface area contributed by atoms with Crippen LogP contribution in [0.3, 0.4) is 0 Å². The zero-order valence-corrected chi connectivity index (χ0v) is 10.3. The third-order valence-corrected chi connectivity index (χ3v) is 3.15. The van der Waals surface area contributed by atoms with Gasteiger partial charge in [0.05, 0.1) is 5.54 Å². The predicted molar refractivity (Wildman–Crippen MR) is 68.8 cm³/mol. The molecule has 0 spiro atoms. The van der Waals surface area contributed by atoms with E-state index in [9.17, 15) is 4.79 Å². The first kappa shape index (κ1) is 11.7. The van der Waals surface area contributed by atoms with Gasteiger partial charge in [-0.25, -0.2) is 0 Å². The van der Waals surface area contributed by atoms with E-state index in [1.54, 1.807) is 0 Å². The molecule has 1 amide bonds. The van der Waals surface area contributed by atoms with Crippen LogP contribution in [-0.4, -0.2) is 11.4 Å². The number of hydrogen-bond acceptors (Lipinski definition) is 1. The average Bonchev–Trinajstić information content (AvgIpc) is 2.75. The van der Waals surface area contributed by atoms with E-state index in [0.29, 0.717) is 5.56 Å². The van der Waals surface area contributed by atoms with Gasteiger partial charge in [0, 0.05) is 5.56 Å². The van der Waals surface area contributed by atoms with Crippen molar-refractivity contribution < 1.29 is 4.79 Å². The van der Waals surface area contributed by atoms with Crippen molar-refractivity contribution >= 4 is 5.91 Å². The number of nitrogens with one attached hydrogen (secondary N) is 1. The van der Waals surface area contributed by atoms with Gasteiger partial charge in [-0.05, 0) is 56.4 Å². The summed E-state index contributed by atoms with van der Waals surface area (Å²) in [6, 6.07) is 5.93. The molecule has 2 nitrogen and oxygen atoms in total. The summed E-state index contributed by atoms with van der Waals surface area (Å²) < 4.78 is 0. The Morgan fingerprint density at radius 3 is 2.76 bits per heavy atom. The van der Waals surface area contributed by atoms with Crippen LogP contribution >= 0.6 is 0 Å². The molecule has 1 aromatic rings. The number of carbonyl (C=O) groups excluding carboxylic acids is 1. The van der Waals surface area contributed by atoms with E-state index in [1.165, 1.54) is 17.5 Å². The fraction of sp³-hybridized carbons (Fsp3) is 0.400. The molecule has 0 fully saturated rings. The Hall–Kier alpha value is -1.75. The van der Waals surface area contributed by atoms with E-state index in [1.807, 2.05) is 26.0 Å². The summed E-state index contributed by atoms with van der Waals surface area (Å²) >= 11 is 0. The van der Waals surface area contributed by atoms with Crippen molar-refractivity contribution in [2.24, 2.45) is 0 Å². The normalized spacial score (nSPS) is 13.9. The molecular weight excluding hydrogens is 210 g/mol. The second-order valence-electron chi connectivity index (χ2n) is 5.06. The number of amides is 1. The molecule has 0 radical (unpaired) electrons. The van der Waals surface area contributed by atoms with Crippen molar-refractivity contribution in [3.63, 3.8) is 0 Å². The maximum absolute atomic E-state index is 12.0. The van der Waals surface area contributed by atoms with E-state index < -0.39 is 5.54 Å². The van der Waals surface area contributed by atoms with Gasteiger partial charge in [-0.15, -0.1) is 6.42 Å².